The molecule has 2 aromatic carbocycles. The smallest absolute Gasteiger partial charge is 0.336 e. The molecular weight excluding hydrogens is 600 g/mol. The molecule has 2 heterocycles. The first kappa shape index (κ1) is 36.5. The quantitative estimate of drug-likeness (QED) is 0.115. The molecule has 254 valence electrons. The van der Waals surface area contributed by atoms with E-state index in [1.54, 1.807) is 17.4 Å². The molecule has 0 amide bonds. The number of rotatable bonds is 21. The highest BCUT2D eigenvalue weighted by atomic mass is 32.1. The van der Waals surface area contributed by atoms with Crippen molar-refractivity contribution in [1.29, 1.82) is 0 Å². The van der Waals surface area contributed by atoms with Crippen LogP contribution in [0.3, 0.4) is 0 Å². The van der Waals surface area contributed by atoms with Crippen LogP contribution >= 0.6 is 11.3 Å². The third-order valence-corrected chi connectivity index (χ3v) is 9.61. The van der Waals surface area contributed by atoms with Crippen molar-refractivity contribution in [3.63, 3.8) is 0 Å². The summed E-state index contributed by atoms with van der Waals surface area (Å²) in [6.45, 7) is 11.2. The predicted molar refractivity (Wildman–Crippen MR) is 185 cm³/mol. The number of carbonyl (C=O) groups is 1. The SMILES string of the molecule is CCCCOC[C@H]1O[C@@H](c2cc(Cc3cc4ccccc4s3)ccc2C(=O)O)[C@H](OCCCC)[C@@H](OCCCC)[C@@H]1OCCCC. The second kappa shape index (κ2) is 19.5. The second-order valence-corrected chi connectivity index (χ2v) is 13.4. The largest absolute Gasteiger partial charge is 0.478 e. The van der Waals surface area contributed by atoms with Crippen molar-refractivity contribution in [2.75, 3.05) is 33.0 Å². The van der Waals surface area contributed by atoms with Gasteiger partial charge in [-0.25, -0.2) is 4.79 Å². The zero-order valence-corrected chi connectivity index (χ0v) is 29.0. The molecule has 3 aromatic rings. The lowest BCUT2D eigenvalue weighted by Crippen LogP contribution is -2.58. The van der Waals surface area contributed by atoms with Gasteiger partial charge in [0.1, 0.15) is 30.5 Å². The minimum Gasteiger partial charge on any atom is -0.478 e. The molecule has 0 spiro atoms. The van der Waals surface area contributed by atoms with Gasteiger partial charge in [-0.3, -0.25) is 0 Å². The number of unbranched alkanes of at least 4 members (excludes halogenated alkanes) is 4. The van der Waals surface area contributed by atoms with Gasteiger partial charge in [0, 0.05) is 42.4 Å². The molecule has 4 rings (SSSR count). The first-order valence-electron chi connectivity index (χ1n) is 17.4. The summed E-state index contributed by atoms with van der Waals surface area (Å²) < 4.78 is 34.1. The predicted octanol–water partition coefficient (Wildman–Crippen LogP) is 9.00. The van der Waals surface area contributed by atoms with Crippen molar-refractivity contribution in [3.8, 4) is 0 Å². The maximum atomic E-state index is 12.7. The fraction of sp³-hybridized carbons (Fsp3) is 0.605. The van der Waals surface area contributed by atoms with E-state index in [9.17, 15) is 9.90 Å². The number of carboxylic acids is 1. The average Bonchev–Trinajstić information content (AvgIpc) is 3.47. The Kier molecular flexibility index (Phi) is 15.5. The molecule has 0 aliphatic carbocycles. The lowest BCUT2D eigenvalue weighted by Gasteiger charge is -2.46. The van der Waals surface area contributed by atoms with Crippen LogP contribution in [-0.2, 0) is 30.1 Å². The lowest BCUT2D eigenvalue weighted by atomic mass is 9.87. The van der Waals surface area contributed by atoms with E-state index in [1.807, 2.05) is 12.1 Å². The number of benzene rings is 2. The van der Waals surface area contributed by atoms with Crippen LogP contribution in [0.25, 0.3) is 10.1 Å². The van der Waals surface area contributed by atoms with E-state index < -0.39 is 36.5 Å². The summed E-state index contributed by atoms with van der Waals surface area (Å²) in [5.74, 6) is -0.986. The fourth-order valence-electron chi connectivity index (χ4n) is 5.89. The van der Waals surface area contributed by atoms with Crippen LogP contribution in [0.15, 0.2) is 48.5 Å². The monoisotopic (exact) mass is 654 g/mol. The van der Waals surface area contributed by atoms with Gasteiger partial charge < -0.3 is 28.8 Å². The van der Waals surface area contributed by atoms with Crippen LogP contribution in [0.2, 0.25) is 0 Å². The van der Waals surface area contributed by atoms with Crippen LogP contribution < -0.4 is 0 Å². The van der Waals surface area contributed by atoms with Gasteiger partial charge in [-0.05, 0) is 60.4 Å². The fourth-order valence-corrected chi connectivity index (χ4v) is 6.99. The molecule has 1 aliphatic rings. The number of thiophene rings is 1. The highest BCUT2D eigenvalue weighted by molar-refractivity contribution is 7.19. The van der Waals surface area contributed by atoms with E-state index in [2.05, 4.69) is 58.0 Å². The zero-order valence-electron chi connectivity index (χ0n) is 28.2. The van der Waals surface area contributed by atoms with E-state index in [1.165, 1.54) is 15.0 Å². The first-order valence-corrected chi connectivity index (χ1v) is 18.2. The van der Waals surface area contributed by atoms with Gasteiger partial charge >= 0.3 is 5.97 Å². The molecule has 0 unspecified atom stereocenters. The van der Waals surface area contributed by atoms with Gasteiger partial charge in [0.15, 0.2) is 0 Å². The van der Waals surface area contributed by atoms with Crippen molar-refractivity contribution >= 4 is 27.4 Å². The highest BCUT2D eigenvalue weighted by Crippen LogP contribution is 2.40. The summed E-state index contributed by atoms with van der Waals surface area (Å²) in [6, 6.07) is 16.2. The van der Waals surface area contributed by atoms with Gasteiger partial charge in [0.05, 0.1) is 12.2 Å². The molecule has 1 aliphatic heterocycles. The lowest BCUT2D eigenvalue weighted by molar-refractivity contribution is -0.268. The summed E-state index contributed by atoms with van der Waals surface area (Å²) in [4.78, 5) is 13.9. The normalized spacial score (nSPS) is 21.6. The molecule has 1 N–H and O–H groups in total. The maximum Gasteiger partial charge on any atom is 0.336 e. The van der Waals surface area contributed by atoms with Crippen molar-refractivity contribution in [1.82, 2.24) is 0 Å². The van der Waals surface area contributed by atoms with Crippen molar-refractivity contribution < 1.29 is 33.6 Å². The van der Waals surface area contributed by atoms with Gasteiger partial charge in [0.25, 0.3) is 0 Å². The van der Waals surface area contributed by atoms with Gasteiger partial charge in [-0.15, -0.1) is 11.3 Å². The van der Waals surface area contributed by atoms with E-state index in [4.69, 9.17) is 23.7 Å². The Morgan fingerprint density at radius 1 is 0.783 bits per heavy atom. The zero-order chi connectivity index (χ0) is 32.7. The molecular formula is C38H54O7S. The van der Waals surface area contributed by atoms with Gasteiger partial charge in [-0.2, -0.15) is 0 Å². The second-order valence-electron chi connectivity index (χ2n) is 12.2. The third-order valence-electron chi connectivity index (χ3n) is 8.49. The Morgan fingerprint density at radius 3 is 2.07 bits per heavy atom. The van der Waals surface area contributed by atoms with Crippen LogP contribution in [0, 0.1) is 0 Å². The topological polar surface area (TPSA) is 83.5 Å². The molecule has 0 saturated carbocycles. The minimum atomic E-state index is -0.986. The van der Waals surface area contributed by atoms with E-state index in [0.29, 0.717) is 45.0 Å². The number of fused-ring (bicyclic) bond motifs is 1. The van der Waals surface area contributed by atoms with E-state index in [-0.39, 0.29) is 5.56 Å². The van der Waals surface area contributed by atoms with Crippen molar-refractivity contribution in [3.05, 3.63) is 70.1 Å². The number of aromatic carboxylic acids is 1. The number of carboxylic acid groups (broad SMARTS) is 1. The van der Waals surface area contributed by atoms with Gasteiger partial charge in [0.2, 0.25) is 0 Å². The molecule has 46 heavy (non-hydrogen) atoms. The third kappa shape index (κ3) is 10.1. The Labute approximate surface area is 279 Å². The Bertz CT molecular complexity index is 1290. The minimum absolute atomic E-state index is 0.220. The molecule has 1 fully saturated rings. The first-order chi connectivity index (χ1) is 22.5. The number of hydrogen-bond acceptors (Lipinski definition) is 7. The summed E-state index contributed by atoms with van der Waals surface area (Å²) in [6.07, 6.45) is 5.92. The van der Waals surface area contributed by atoms with Crippen LogP contribution in [-0.4, -0.2) is 68.5 Å². The summed E-state index contributed by atoms with van der Waals surface area (Å²) >= 11 is 1.77. The molecule has 8 heteroatoms. The number of hydrogen-bond donors (Lipinski definition) is 1. The molecule has 1 aromatic heterocycles. The van der Waals surface area contributed by atoms with Crippen LogP contribution in [0.1, 0.15) is 112 Å². The molecule has 5 atom stereocenters. The molecule has 1 saturated heterocycles. The summed E-state index contributed by atoms with van der Waals surface area (Å²) in [7, 11) is 0. The van der Waals surface area contributed by atoms with Crippen molar-refractivity contribution in [2.45, 2.75) is 116 Å². The summed E-state index contributed by atoms with van der Waals surface area (Å²) in [5, 5.41) is 11.6. The van der Waals surface area contributed by atoms with E-state index >= 15 is 0 Å². The molecule has 0 radical (unpaired) electrons. The number of ether oxygens (including phenoxy) is 5. The van der Waals surface area contributed by atoms with E-state index in [0.717, 1.165) is 56.9 Å². The Hall–Kier alpha value is -2.33. The average molecular weight is 655 g/mol. The summed E-state index contributed by atoms with van der Waals surface area (Å²) in [5.41, 5.74) is 1.86. The highest BCUT2D eigenvalue weighted by Gasteiger charge is 2.49. The van der Waals surface area contributed by atoms with Gasteiger partial charge in [-0.1, -0.05) is 83.7 Å². The molecule has 0 bridgehead atoms. The standard InChI is InChI=1S/C38H54O7S/c1-5-9-19-41-26-32-35(42-20-10-6-2)37(44-22-12-8-4)36(43-21-11-7-3)34(45-32)31-24-27(17-18-30(31)38(39)40)23-29-25-28-15-13-14-16-33(28)46-29/h13-18,24-25,32,34-37H,5-12,19-23,26H2,1-4H3,(H,39,40)/t32-,34+,35-,36+,37+/m1/s1. The maximum absolute atomic E-state index is 12.7. The van der Waals surface area contributed by atoms with Crippen LogP contribution in [0.4, 0.5) is 0 Å². The molecule has 7 nitrogen and oxygen atoms in total. The van der Waals surface area contributed by atoms with Crippen molar-refractivity contribution in [2.24, 2.45) is 0 Å². The Morgan fingerprint density at radius 2 is 1.41 bits per heavy atom. The van der Waals surface area contributed by atoms with Crippen LogP contribution in [0.5, 0.6) is 0 Å². The Balaban J connectivity index is 1.74.